The van der Waals surface area contributed by atoms with Crippen molar-refractivity contribution in [3.63, 3.8) is 0 Å². The third-order valence-corrected chi connectivity index (χ3v) is 4.65. The van der Waals surface area contributed by atoms with E-state index in [1.54, 1.807) is 0 Å². The molecule has 0 bridgehead atoms. The lowest BCUT2D eigenvalue weighted by atomic mass is 9.97. The highest BCUT2D eigenvalue weighted by Gasteiger charge is 2.17. The third kappa shape index (κ3) is 2.95. The second-order valence-electron chi connectivity index (χ2n) is 5.28. The zero-order valence-electron chi connectivity index (χ0n) is 11.9. The van der Waals surface area contributed by atoms with Crippen LogP contribution in [0.3, 0.4) is 0 Å². The van der Waals surface area contributed by atoms with E-state index >= 15 is 0 Å². The highest BCUT2D eigenvalue weighted by molar-refractivity contribution is 9.10. The Kier molecular flexibility index (Phi) is 3.97. The summed E-state index contributed by atoms with van der Waals surface area (Å²) in [4.78, 5) is 12.5. The number of hydrogen-bond acceptors (Lipinski definition) is 2. The molecule has 1 aliphatic heterocycles. The number of hydrogen-bond donors (Lipinski definition) is 2. The number of benzene rings is 2. The van der Waals surface area contributed by atoms with E-state index < -0.39 is 0 Å². The van der Waals surface area contributed by atoms with Gasteiger partial charge in [0.25, 0.3) is 5.91 Å². The number of nitrogens with one attached hydrogen (secondary N) is 2. The average Bonchev–Trinajstić information content (AvgIpc) is 2.50. The molecule has 21 heavy (non-hydrogen) atoms. The van der Waals surface area contributed by atoms with Crippen molar-refractivity contribution in [2.45, 2.75) is 19.8 Å². The van der Waals surface area contributed by atoms with E-state index in [4.69, 9.17) is 0 Å². The molecule has 0 saturated carbocycles. The van der Waals surface area contributed by atoms with Crippen LogP contribution < -0.4 is 10.6 Å². The second kappa shape index (κ2) is 5.90. The Bertz CT molecular complexity index is 697. The van der Waals surface area contributed by atoms with Gasteiger partial charge >= 0.3 is 0 Å². The van der Waals surface area contributed by atoms with Crippen molar-refractivity contribution in [1.29, 1.82) is 0 Å². The maximum atomic E-state index is 12.5. The molecule has 3 rings (SSSR count). The summed E-state index contributed by atoms with van der Waals surface area (Å²) in [7, 11) is 0. The minimum absolute atomic E-state index is 0.0442. The molecule has 3 nitrogen and oxygen atoms in total. The lowest BCUT2D eigenvalue weighted by Crippen LogP contribution is -2.19. The van der Waals surface area contributed by atoms with Crippen molar-refractivity contribution < 1.29 is 4.79 Å². The van der Waals surface area contributed by atoms with E-state index in [1.165, 1.54) is 0 Å². The Morgan fingerprint density at radius 1 is 1.29 bits per heavy atom. The van der Waals surface area contributed by atoms with Crippen molar-refractivity contribution >= 4 is 33.2 Å². The molecule has 1 heterocycles. The highest BCUT2D eigenvalue weighted by atomic mass is 79.9. The smallest absolute Gasteiger partial charge is 0.256 e. The molecule has 0 aromatic heterocycles. The fourth-order valence-corrected chi connectivity index (χ4v) is 2.89. The van der Waals surface area contributed by atoms with Gasteiger partial charge in [0.2, 0.25) is 0 Å². The van der Waals surface area contributed by atoms with E-state index in [0.717, 1.165) is 51.9 Å². The van der Waals surface area contributed by atoms with Gasteiger partial charge in [0.1, 0.15) is 0 Å². The first-order chi connectivity index (χ1) is 10.1. The first-order valence-electron chi connectivity index (χ1n) is 7.08. The minimum Gasteiger partial charge on any atom is -0.385 e. The Morgan fingerprint density at radius 3 is 2.95 bits per heavy atom. The van der Waals surface area contributed by atoms with E-state index in [-0.39, 0.29) is 5.91 Å². The van der Waals surface area contributed by atoms with Gasteiger partial charge < -0.3 is 10.6 Å². The van der Waals surface area contributed by atoms with Gasteiger partial charge in [-0.2, -0.15) is 0 Å². The van der Waals surface area contributed by atoms with Crippen LogP contribution >= 0.6 is 15.9 Å². The first kappa shape index (κ1) is 14.1. The van der Waals surface area contributed by atoms with E-state index in [1.807, 2.05) is 43.3 Å². The maximum Gasteiger partial charge on any atom is 0.256 e. The van der Waals surface area contributed by atoms with Crippen LogP contribution in [0.1, 0.15) is 27.9 Å². The van der Waals surface area contributed by atoms with Gasteiger partial charge in [-0.15, -0.1) is 0 Å². The van der Waals surface area contributed by atoms with Crippen LogP contribution in [-0.4, -0.2) is 12.5 Å². The number of carbonyl (C=O) groups excluding carboxylic acids is 1. The molecule has 0 aliphatic carbocycles. The predicted molar refractivity (Wildman–Crippen MR) is 90.1 cm³/mol. The van der Waals surface area contributed by atoms with Crippen molar-refractivity contribution in [3.8, 4) is 0 Å². The van der Waals surface area contributed by atoms with Crippen LogP contribution in [0.2, 0.25) is 0 Å². The number of halogens is 1. The third-order valence-electron chi connectivity index (χ3n) is 3.76. The van der Waals surface area contributed by atoms with Gasteiger partial charge in [0, 0.05) is 28.0 Å². The van der Waals surface area contributed by atoms with Crippen molar-refractivity contribution in [2.75, 3.05) is 17.2 Å². The van der Waals surface area contributed by atoms with E-state index in [9.17, 15) is 4.79 Å². The summed E-state index contributed by atoms with van der Waals surface area (Å²) in [5, 5.41) is 6.34. The quantitative estimate of drug-likeness (QED) is 0.849. The number of aryl methyl sites for hydroxylation is 1. The van der Waals surface area contributed by atoms with Gasteiger partial charge in [0.15, 0.2) is 0 Å². The molecular weight excluding hydrogens is 328 g/mol. The fraction of sp³-hybridized carbons (Fsp3) is 0.235. The van der Waals surface area contributed by atoms with Crippen LogP contribution in [0.25, 0.3) is 0 Å². The SMILES string of the molecule is Cc1cc(NC(=O)c2cccc3c2CCCN3)ccc1Br. The molecule has 0 atom stereocenters. The van der Waals surface area contributed by atoms with Crippen LogP contribution in [0, 0.1) is 6.92 Å². The van der Waals surface area contributed by atoms with Crippen LogP contribution in [-0.2, 0) is 6.42 Å². The molecule has 0 unspecified atom stereocenters. The summed E-state index contributed by atoms with van der Waals surface area (Å²) in [5.74, 6) is -0.0442. The topological polar surface area (TPSA) is 41.1 Å². The summed E-state index contributed by atoms with van der Waals surface area (Å²) < 4.78 is 1.04. The van der Waals surface area contributed by atoms with E-state index in [2.05, 4.69) is 26.6 Å². The van der Waals surface area contributed by atoms with Crippen LogP contribution in [0.5, 0.6) is 0 Å². The molecule has 2 N–H and O–H groups in total. The fourth-order valence-electron chi connectivity index (χ4n) is 2.64. The number of rotatable bonds is 2. The minimum atomic E-state index is -0.0442. The first-order valence-corrected chi connectivity index (χ1v) is 7.88. The molecule has 4 heteroatoms. The molecular formula is C17H17BrN2O. The molecule has 0 spiro atoms. The van der Waals surface area contributed by atoms with Crippen LogP contribution in [0.15, 0.2) is 40.9 Å². The second-order valence-corrected chi connectivity index (χ2v) is 6.13. The van der Waals surface area contributed by atoms with Gasteiger partial charge in [-0.25, -0.2) is 0 Å². The lowest BCUT2D eigenvalue weighted by molar-refractivity contribution is 0.102. The molecule has 1 amide bonds. The highest BCUT2D eigenvalue weighted by Crippen LogP contribution is 2.26. The number of anilines is 2. The molecule has 1 aliphatic rings. The summed E-state index contributed by atoms with van der Waals surface area (Å²) in [5.41, 5.74) is 4.89. The molecule has 0 fully saturated rings. The molecule has 2 aromatic carbocycles. The maximum absolute atomic E-state index is 12.5. The zero-order chi connectivity index (χ0) is 14.8. The van der Waals surface area contributed by atoms with Gasteiger partial charge in [0.05, 0.1) is 0 Å². The number of carbonyl (C=O) groups is 1. The zero-order valence-corrected chi connectivity index (χ0v) is 13.5. The Labute approximate surface area is 132 Å². The Hall–Kier alpha value is -1.81. The number of amides is 1. The summed E-state index contributed by atoms with van der Waals surface area (Å²) in [6, 6.07) is 11.7. The van der Waals surface area contributed by atoms with Crippen molar-refractivity contribution in [3.05, 3.63) is 57.6 Å². The normalized spacial score (nSPS) is 13.2. The predicted octanol–water partition coefficient (Wildman–Crippen LogP) is 4.37. The summed E-state index contributed by atoms with van der Waals surface area (Å²) >= 11 is 3.47. The van der Waals surface area contributed by atoms with Crippen molar-refractivity contribution in [2.24, 2.45) is 0 Å². The van der Waals surface area contributed by atoms with Gasteiger partial charge in [-0.05, 0) is 61.2 Å². The molecule has 2 aromatic rings. The molecule has 108 valence electrons. The molecule has 0 saturated heterocycles. The average molecular weight is 345 g/mol. The number of fused-ring (bicyclic) bond motifs is 1. The standard InChI is InChI=1S/C17H17BrN2O/c1-11-10-12(7-8-15(11)18)20-17(21)14-4-2-6-16-13(14)5-3-9-19-16/h2,4,6-8,10,19H,3,5,9H2,1H3,(H,20,21). The molecule has 0 radical (unpaired) electrons. The van der Waals surface area contributed by atoms with Gasteiger partial charge in [-0.3, -0.25) is 4.79 Å². The largest absolute Gasteiger partial charge is 0.385 e. The Morgan fingerprint density at radius 2 is 2.14 bits per heavy atom. The van der Waals surface area contributed by atoms with Gasteiger partial charge in [-0.1, -0.05) is 22.0 Å². The van der Waals surface area contributed by atoms with E-state index in [0.29, 0.717) is 0 Å². The summed E-state index contributed by atoms with van der Waals surface area (Å²) in [6.45, 7) is 2.98. The lowest BCUT2D eigenvalue weighted by Gasteiger charge is -2.20. The monoisotopic (exact) mass is 344 g/mol. The Balaban J connectivity index is 1.87. The summed E-state index contributed by atoms with van der Waals surface area (Å²) in [6.07, 6.45) is 2.01. The van der Waals surface area contributed by atoms with Crippen LogP contribution in [0.4, 0.5) is 11.4 Å². The van der Waals surface area contributed by atoms with Crippen molar-refractivity contribution in [1.82, 2.24) is 0 Å².